The molecule has 1 aromatic heterocycles. The van der Waals surface area contributed by atoms with Crippen LogP contribution in [0.5, 0.6) is 0 Å². The van der Waals surface area contributed by atoms with Crippen molar-refractivity contribution in [2.24, 2.45) is 11.5 Å². The molecule has 0 aliphatic rings. The van der Waals surface area contributed by atoms with Crippen molar-refractivity contribution >= 4 is 34.7 Å². The molecule has 0 unspecified atom stereocenters. The number of aromatic nitrogens is 1. The van der Waals surface area contributed by atoms with Crippen LogP contribution in [0.25, 0.3) is 10.9 Å². The summed E-state index contributed by atoms with van der Waals surface area (Å²) in [6.07, 6.45) is 1.41. The van der Waals surface area contributed by atoms with Gasteiger partial charge in [-0.15, -0.1) is 0 Å². The zero-order valence-corrected chi connectivity index (χ0v) is 22.9. The van der Waals surface area contributed by atoms with E-state index in [-0.39, 0.29) is 26.0 Å². The zero-order chi connectivity index (χ0) is 29.9. The molecule has 11 nitrogen and oxygen atoms in total. The number of carbonyl (C=O) groups is 4. The highest BCUT2D eigenvalue weighted by atomic mass is 16.5. The van der Waals surface area contributed by atoms with Crippen LogP contribution in [0.3, 0.4) is 0 Å². The first-order valence-electron chi connectivity index (χ1n) is 13.5. The fourth-order valence-electron chi connectivity index (χ4n) is 4.42. The van der Waals surface area contributed by atoms with E-state index in [0.29, 0.717) is 0 Å². The molecule has 3 atom stereocenters. The molecule has 11 heteroatoms. The van der Waals surface area contributed by atoms with E-state index in [0.717, 1.165) is 27.6 Å². The van der Waals surface area contributed by atoms with Crippen molar-refractivity contribution in [3.63, 3.8) is 0 Å². The molecule has 0 saturated heterocycles. The molecule has 0 fully saturated rings. The fourth-order valence-corrected chi connectivity index (χ4v) is 4.42. The van der Waals surface area contributed by atoms with Gasteiger partial charge in [0.05, 0.1) is 12.6 Å². The number of nitrogens with one attached hydrogen (secondary N) is 4. The third-order valence-corrected chi connectivity index (χ3v) is 6.69. The predicted molar refractivity (Wildman–Crippen MR) is 158 cm³/mol. The van der Waals surface area contributed by atoms with Gasteiger partial charge < -0.3 is 37.1 Å². The summed E-state index contributed by atoms with van der Waals surface area (Å²) in [5.41, 5.74) is 15.1. The molecular weight excluding hydrogens is 536 g/mol. The van der Waals surface area contributed by atoms with Gasteiger partial charge in [-0.1, -0.05) is 78.9 Å². The van der Waals surface area contributed by atoms with E-state index < -0.39 is 41.9 Å². The minimum absolute atomic E-state index is 0.0320. The van der Waals surface area contributed by atoms with Crippen LogP contribution in [0.4, 0.5) is 4.79 Å². The van der Waals surface area contributed by atoms with Crippen molar-refractivity contribution < 1.29 is 23.9 Å². The number of hydrogen-bond acceptors (Lipinski definition) is 6. The Morgan fingerprint density at radius 1 is 0.762 bits per heavy atom. The minimum atomic E-state index is -1.25. The summed E-state index contributed by atoms with van der Waals surface area (Å²) >= 11 is 0. The second-order valence-electron chi connectivity index (χ2n) is 9.83. The largest absolute Gasteiger partial charge is 0.445 e. The average molecular weight is 571 g/mol. The molecule has 0 spiro atoms. The normalized spacial score (nSPS) is 13.0. The van der Waals surface area contributed by atoms with E-state index in [1.54, 1.807) is 18.3 Å². The highest BCUT2D eigenvalue weighted by Crippen LogP contribution is 2.19. The fraction of sp³-hybridized carbons (Fsp3) is 0.226. The van der Waals surface area contributed by atoms with Gasteiger partial charge in [0.15, 0.2) is 0 Å². The first kappa shape index (κ1) is 29.8. The van der Waals surface area contributed by atoms with Crippen LogP contribution in [0.2, 0.25) is 0 Å². The molecule has 42 heavy (non-hydrogen) atoms. The van der Waals surface area contributed by atoms with Crippen LogP contribution in [-0.2, 0) is 38.6 Å². The van der Waals surface area contributed by atoms with E-state index >= 15 is 0 Å². The molecular formula is C31H34N6O5. The second-order valence-corrected chi connectivity index (χ2v) is 9.83. The first-order chi connectivity index (χ1) is 20.3. The molecule has 4 rings (SSSR count). The van der Waals surface area contributed by atoms with Crippen LogP contribution in [0.1, 0.15) is 16.7 Å². The Balaban J connectivity index is 1.38. The molecule has 4 aromatic rings. The number of ether oxygens (including phenoxy) is 1. The third kappa shape index (κ3) is 8.42. The standard InChI is InChI=1S/C31H34N6O5/c32-24(16-22-17-34-25-14-8-7-13-23(22)25)29(39)36-26(15-20-9-3-1-4-10-20)30(40)37-27(28(33)38)18-35-31(41)42-19-21-11-5-2-6-12-21/h1-14,17,24,26-27,34H,15-16,18-19,32H2,(H2,33,38)(H,35,41)(H,36,39)(H,37,40)/t24-,26-,27-/m0/s1. The Kier molecular flexibility index (Phi) is 10.3. The molecule has 0 saturated carbocycles. The average Bonchev–Trinajstić information content (AvgIpc) is 3.41. The van der Waals surface area contributed by atoms with Crippen LogP contribution in [0.15, 0.2) is 91.1 Å². The lowest BCUT2D eigenvalue weighted by Crippen LogP contribution is -2.58. The summed E-state index contributed by atoms with van der Waals surface area (Å²) in [6, 6.07) is 22.6. The predicted octanol–water partition coefficient (Wildman–Crippen LogP) is 1.66. The summed E-state index contributed by atoms with van der Waals surface area (Å²) in [5.74, 6) is -2.06. The lowest BCUT2D eigenvalue weighted by molar-refractivity contribution is -0.131. The summed E-state index contributed by atoms with van der Waals surface area (Å²) in [5, 5.41) is 8.66. The smallest absolute Gasteiger partial charge is 0.407 e. The van der Waals surface area contributed by atoms with E-state index in [2.05, 4.69) is 20.9 Å². The first-order valence-corrected chi connectivity index (χ1v) is 13.5. The van der Waals surface area contributed by atoms with Crippen LogP contribution in [0, 0.1) is 0 Å². The van der Waals surface area contributed by atoms with Crippen LogP contribution >= 0.6 is 0 Å². The molecule has 0 aliphatic heterocycles. The maximum absolute atomic E-state index is 13.3. The number of carbonyl (C=O) groups excluding carboxylic acids is 4. The van der Waals surface area contributed by atoms with Crippen molar-refractivity contribution in [2.75, 3.05) is 6.54 Å². The number of hydrogen-bond donors (Lipinski definition) is 6. The van der Waals surface area contributed by atoms with Gasteiger partial charge in [-0.25, -0.2) is 4.79 Å². The number of nitrogens with two attached hydrogens (primary N) is 2. The van der Waals surface area contributed by atoms with Gasteiger partial charge in [0.25, 0.3) is 0 Å². The number of H-pyrrole nitrogens is 1. The van der Waals surface area contributed by atoms with Crippen LogP contribution < -0.4 is 27.4 Å². The Morgan fingerprint density at radius 3 is 2.07 bits per heavy atom. The highest BCUT2D eigenvalue weighted by Gasteiger charge is 2.28. The SMILES string of the molecule is NC(=O)[C@H](CNC(=O)OCc1ccccc1)NC(=O)[C@H](Cc1ccccc1)NC(=O)[C@@H](N)Cc1c[nH]c2ccccc12. The quantitative estimate of drug-likeness (QED) is 0.142. The van der Waals surface area contributed by atoms with Crippen LogP contribution in [-0.4, -0.2) is 53.5 Å². The number of alkyl carbamates (subject to hydrolysis) is 1. The molecule has 0 aliphatic carbocycles. The van der Waals surface area contributed by atoms with Crippen molar-refractivity contribution in [3.05, 3.63) is 108 Å². The van der Waals surface area contributed by atoms with Crippen molar-refractivity contribution in [1.82, 2.24) is 20.9 Å². The number of amides is 4. The number of benzene rings is 3. The lowest BCUT2D eigenvalue weighted by Gasteiger charge is -2.23. The maximum atomic E-state index is 13.3. The molecule has 218 valence electrons. The minimum Gasteiger partial charge on any atom is -0.445 e. The van der Waals surface area contributed by atoms with E-state index in [4.69, 9.17) is 16.2 Å². The van der Waals surface area contributed by atoms with E-state index in [1.165, 1.54) is 0 Å². The second kappa shape index (κ2) is 14.5. The molecule has 3 aromatic carbocycles. The number of primary amides is 1. The lowest BCUT2D eigenvalue weighted by atomic mass is 10.0. The summed E-state index contributed by atoms with van der Waals surface area (Å²) in [4.78, 5) is 53.9. The van der Waals surface area contributed by atoms with E-state index in [9.17, 15) is 19.2 Å². The van der Waals surface area contributed by atoms with Gasteiger partial charge in [0.1, 0.15) is 18.7 Å². The Hall–Kier alpha value is -5.16. The Labute approximate surface area is 243 Å². The zero-order valence-electron chi connectivity index (χ0n) is 22.9. The van der Waals surface area contributed by atoms with Gasteiger partial charge in [0.2, 0.25) is 17.7 Å². The topological polar surface area (TPSA) is 181 Å². The number of fused-ring (bicyclic) bond motifs is 1. The number of para-hydroxylation sites is 1. The summed E-state index contributed by atoms with van der Waals surface area (Å²) in [6.45, 7) is -0.273. The van der Waals surface area contributed by atoms with Gasteiger partial charge in [-0.05, 0) is 29.2 Å². The molecule has 1 heterocycles. The number of aromatic amines is 1. The molecule has 0 radical (unpaired) electrons. The van der Waals surface area contributed by atoms with Crippen molar-refractivity contribution in [1.29, 1.82) is 0 Å². The monoisotopic (exact) mass is 570 g/mol. The van der Waals surface area contributed by atoms with Gasteiger partial charge in [0, 0.05) is 23.5 Å². The van der Waals surface area contributed by atoms with Gasteiger partial charge >= 0.3 is 6.09 Å². The van der Waals surface area contributed by atoms with Gasteiger partial charge in [-0.3, -0.25) is 14.4 Å². The Bertz CT molecular complexity index is 1510. The number of rotatable bonds is 13. The highest BCUT2D eigenvalue weighted by molar-refractivity contribution is 5.93. The molecule has 4 amide bonds. The third-order valence-electron chi connectivity index (χ3n) is 6.69. The summed E-state index contributed by atoms with van der Waals surface area (Å²) < 4.78 is 5.15. The van der Waals surface area contributed by atoms with Crippen molar-refractivity contribution in [3.8, 4) is 0 Å². The van der Waals surface area contributed by atoms with E-state index in [1.807, 2.05) is 72.8 Å². The summed E-state index contributed by atoms with van der Waals surface area (Å²) in [7, 11) is 0. The van der Waals surface area contributed by atoms with Gasteiger partial charge in [-0.2, -0.15) is 0 Å². The van der Waals surface area contributed by atoms with Crippen molar-refractivity contribution in [2.45, 2.75) is 37.6 Å². The Morgan fingerprint density at radius 2 is 1.38 bits per heavy atom. The maximum Gasteiger partial charge on any atom is 0.407 e. The molecule has 8 N–H and O–H groups in total. The molecule has 0 bridgehead atoms.